The van der Waals surface area contributed by atoms with Crippen LogP contribution in [0.25, 0.3) is 0 Å². The monoisotopic (exact) mass is 322 g/mol. The van der Waals surface area contributed by atoms with E-state index in [-0.39, 0.29) is 11.0 Å². The summed E-state index contributed by atoms with van der Waals surface area (Å²) >= 11 is 0. The van der Waals surface area contributed by atoms with Gasteiger partial charge in [0.05, 0.1) is 18.4 Å². The predicted octanol–water partition coefficient (Wildman–Crippen LogP) is 3.63. The number of hydrogen-bond donors (Lipinski definition) is 0. The minimum atomic E-state index is -0.0309. The highest BCUT2D eigenvalue weighted by Crippen LogP contribution is 2.40. The zero-order valence-corrected chi connectivity index (χ0v) is 15.6. The van der Waals surface area contributed by atoms with E-state index in [2.05, 4.69) is 50.7 Å². The minimum Gasteiger partial charge on any atom is -0.468 e. The van der Waals surface area contributed by atoms with Crippen molar-refractivity contribution in [3.05, 3.63) is 24.2 Å². The SMILES string of the molecule is CCCN(Cc1ccco1)C[C@]1(CN(C)C)CCOC(C)(C)C1. The lowest BCUT2D eigenvalue weighted by Crippen LogP contribution is -2.51. The maximum atomic E-state index is 5.99. The highest BCUT2D eigenvalue weighted by atomic mass is 16.5. The van der Waals surface area contributed by atoms with Gasteiger partial charge in [-0.2, -0.15) is 0 Å². The van der Waals surface area contributed by atoms with E-state index in [1.54, 1.807) is 6.26 Å². The van der Waals surface area contributed by atoms with Gasteiger partial charge in [0.2, 0.25) is 0 Å². The van der Waals surface area contributed by atoms with Crippen LogP contribution in [0.5, 0.6) is 0 Å². The number of rotatable bonds is 8. The maximum absolute atomic E-state index is 5.99. The van der Waals surface area contributed by atoms with Gasteiger partial charge in [-0.1, -0.05) is 6.92 Å². The molecule has 0 spiro atoms. The largest absolute Gasteiger partial charge is 0.468 e. The fourth-order valence-corrected chi connectivity index (χ4v) is 4.20. The van der Waals surface area contributed by atoms with Gasteiger partial charge in [0.25, 0.3) is 0 Å². The quantitative estimate of drug-likeness (QED) is 0.731. The predicted molar refractivity (Wildman–Crippen MR) is 94.5 cm³/mol. The van der Waals surface area contributed by atoms with Gasteiger partial charge < -0.3 is 14.1 Å². The standard InChI is InChI=1S/C19H34N2O2/c1-6-10-21(13-17-8-7-11-22-17)16-19(15-20(4)5)9-12-23-18(2,3)14-19/h7-8,11H,6,9-10,12-16H2,1-5H3/t19-/m1/s1. The Balaban J connectivity index is 2.13. The second-order valence-electron chi connectivity index (χ2n) is 8.06. The van der Waals surface area contributed by atoms with Crippen LogP contribution in [0.15, 0.2) is 22.8 Å². The second kappa shape index (κ2) is 7.82. The highest BCUT2D eigenvalue weighted by molar-refractivity contribution is 4.99. The van der Waals surface area contributed by atoms with Gasteiger partial charge in [-0.25, -0.2) is 0 Å². The number of ether oxygens (including phenoxy) is 1. The fraction of sp³-hybridized carbons (Fsp3) is 0.789. The molecule has 1 aliphatic rings. The summed E-state index contributed by atoms with van der Waals surface area (Å²) in [6.07, 6.45) is 5.18. The smallest absolute Gasteiger partial charge is 0.117 e. The van der Waals surface area contributed by atoms with Crippen molar-refractivity contribution in [1.29, 1.82) is 0 Å². The molecule has 4 heteroatoms. The molecule has 1 fully saturated rings. The highest BCUT2D eigenvalue weighted by Gasteiger charge is 2.42. The minimum absolute atomic E-state index is 0.0309. The second-order valence-corrected chi connectivity index (χ2v) is 8.06. The van der Waals surface area contributed by atoms with Crippen molar-refractivity contribution in [2.75, 3.05) is 40.3 Å². The van der Waals surface area contributed by atoms with Crippen LogP contribution in [-0.2, 0) is 11.3 Å². The Morgan fingerprint density at radius 3 is 2.57 bits per heavy atom. The third-order valence-corrected chi connectivity index (χ3v) is 4.64. The van der Waals surface area contributed by atoms with E-state index in [0.717, 1.165) is 51.4 Å². The Kier molecular flexibility index (Phi) is 6.29. The summed E-state index contributed by atoms with van der Waals surface area (Å²) in [6, 6.07) is 4.06. The van der Waals surface area contributed by atoms with E-state index in [4.69, 9.17) is 9.15 Å². The first-order chi connectivity index (χ1) is 10.8. The van der Waals surface area contributed by atoms with Crippen LogP contribution in [0.3, 0.4) is 0 Å². The summed E-state index contributed by atoms with van der Waals surface area (Å²) in [5.74, 6) is 1.06. The molecule has 0 aliphatic carbocycles. The molecule has 1 aliphatic heterocycles. The third kappa shape index (κ3) is 5.63. The average molecular weight is 322 g/mol. The lowest BCUT2D eigenvalue weighted by molar-refractivity contribution is -0.118. The third-order valence-electron chi connectivity index (χ3n) is 4.64. The first kappa shape index (κ1) is 18.5. The summed E-state index contributed by atoms with van der Waals surface area (Å²) in [5.41, 5.74) is 0.254. The molecule has 0 bridgehead atoms. The van der Waals surface area contributed by atoms with Crippen molar-refractivity contribution in [2.45, 2.75) is 52.2 Å². The fourth-order valence-electron chi connectivity index (χ4n) is 4.20. The van der Waals surface area contributed by atoms with Crippen molar-refractivity contribution in [3.8, 4) is 0 Å². The van der Waals surface area contributed by atoms with Crippen LogP contribution in [0.4, 0.5) is 0 Å². The molecule has 2 heterocycles. The molecule has 132 valence electrons. The first-order valence-electron chi connectivity index (χ1n) is 8.88. The number of nitrogens with zero attached hydrogens (tertiary/aromatic N) is 2. The lowest BCUT2D eigenvalue weighted by atomic mass is 9.73. The van der Waals surface area contributed by atoms with Crippen molar-refractivity contribution < 1.29 is 9.15 Å². The molecule has 0 radical (unpaired) electrons. The topological polar surface area (TPSA) is 28.9 Å². The van der Waals surface area contributed by atoms with Crippen LogP contribution in [0, 0.1) is 5.41 Å². The molecule has 1 aromatic rings. The van der Waals surface area contributed by atoms with E-state index in [1.807, 2.05) is 6.07 Å². The molecule has 0 saturated carbocycles. The van der Waals surface area contributed by atoms with Crippen LogP contribution in [-0.4, -0.2) is 55.7 Å². The average Bonchev–Trinajstić information content (AvgIpc) is 2.89. The van der Waals surface area contributed by atoms with Gasteiger partial charge in [-0.15, -0.1) is 0 Å². The van der Waals surface area contributed by atoms with E-state index in [1.165, 1.54) is 6.42 Å². The normalized spacial score (nSPS) is 24.5. The molecule has 2 rings (SSSR count). The van der Waals surface area contributed by atoms with Crippen LogP contribution in [0.2, 0.25) is 0 Å². The van der Waals surface area contributed by atoms with E-state index in [9.17, 15) is 0 Å². The Morgan fingerprint density at radius 2 is 2.00 bits per heavy atom. The van der Waals surface area contributed by atoms with Gasteiger partial charge in [0, 0.05) is 25.1 Å². The lowest BCUT2D eigenvalue weighted by Gasteiger charge is -2.48. The zero-order chi connectivity index (χ0) is 16.9. The summed E-state index contributed by atoms with van der Waals surface area (Å²) < 4.78 is 11.6. The van der Waals surface area contributed by atoms with Gasteiger partial charge >= 0.3 is 0 Å². The van der Waals surface area contributed by atoms with Crippen LogP contribution >= 0.6 is 0 Å². The molecule has 1 saturated heterocycles. The van der Waals surface area contributed by atoms with Crippen LogP contribution < -0.4 is 0 Å². The molecule has 1 aromatic heterocycles. The van der Waals surface area contributed by atoms with Crippen LogP contribution in [0.1, 0.15) is 45.8 Å². The van der Waals surface area contributed by atoms with E-state index >= 15 is 0 Å². The molecule has 1 atom stereocenters. The molecule has 0 aromatic carbocycles. The summed E-state index contributed by atoms with van der Waals surface area (Å²) in [5, 5.41) is 0. The number of furan rings is 1. The van der Waals surface area contributed by atoms with Gasteiger partial charge in [0.1, 0.15) is 5.76 Å². The van der Waals surface area contributed by atoms with Gasteiger partial charge in [-0.3, -0.25) is 4.90 Å². The Hall–Kier alpha value is -0.840. The van der Waals surface area contributed by atoms with E-state index < -0.39 is 0 Å². The Labute approximate surface area is 141 Å². The Bertz CT molecular complexity index is 456. The van der Waals surface area contributed by atoms with Crippen molar-refractivity contribution in [1.82, 2.24) is 9.80 Å². The molecular weight excluding hydrogens is 288 g/mol. The summed E-state index contributed by atoms with van der Waals surface area (Å²) in [4.78, 5) is 4.89. The number of hydrogen-bond acceptors (Lipinski definition) is 4. The molecule has 0 N–H and O–H groups in total. The molecule has 0 amide bonds. The van der Waals surface area contributed by atoms with Crippen molar-refractivity contribution in [3.63, 3.8) is 0 Å². The molecule has 23 heavy (non-hydrogen) atoms. The maximum Gasteiger partial charge on any atom is 0.117 e. The van der Waals surface area contributed by atoms with Crippen molar-refractivity contribution in [2.24, 2.45) is 5.41 Å². The molecular formula is C19H34N2O2. The molecule has 0 unspecified atom stereocenters. The van der Waals surface area contributed by atoms with Gasteiger partial charge in [-0.05, 0) is 65.9 Å². The van der Waals surface area contributed by atoms with Gasteiger partial charge in [0.15, 0.2) is 0 Å². The Morgan fingerprint density at radius 1 is 1.22 bits per heavy atom. The summed E-state index contributed by atoms with van der Waals surface area (Å²) in [6.45, 7) is 11.8. The summed E-state index contributed by atoms with van der Waals surface area (Å²) in [7, 11) is 4.36. The van der Waals surface area contributed by atoms with Crippen molar-refractivity contribution >= 4 is 0 Å². The first-order valence-corrected chi connectivity index (χ1v) is 8.88. The zero-order valence-electron chi connectivity index (χ0n) is 15.6. The van der Waals surface area contributed by atoms with E-state index in [0.29, 0.717) is 0 Å². The molecule has 4 nitrogen and oxygen atoms in total.